The van der Waals surface area contributed by atoms with Crippen molar-refractivity contribution in [3.8, 4) is 56.2 Å². The summed E-state index contributed by atoms with van der Waals surface area (Å²) in [5, 5.41) is 2.08. The Morgan fingerprint density at radius 2 is 0.930 bits per heavy atom. The van der Waals surface area contributed by atoms with Gasteiger partial charge in [0, 0.05) is 27.5 Å². The minimum Gasteiger partial charge on any atom is -0.456 e. The number of fused-ring (bicyclic) bond motifs is 3. The van der Waals surface area contributed by atoms with Crippen molar-refractivity contribution in [2.45, 2.75) is 0 Å². The van der Waals surface area contributed by atoms with Gasteiger partial charge in [-0.15, -0.1) is 0 Å². The third-order valence-electron chi connectivity index (χ3n) is 7.95. The SMILES string of the molecule is c1ccc(-c2ccc(-c3cc(-c4ccccc4-c4ccccc4)nc(-c4cccc5oc6ccccc6c45)n3)cc2)cc1. The number of hydrogen-bond acceptors (Lipinski definition) is 3. The quantitative estimate of drug-likeness (QED) is 0.214. The molecule has 43 heavy (non-hydrogen) atoms. The van der Waals surface area contributed by atoms with E-state index in [2.05, 4.69) is 115 Å². The largest absolute Gasteiger partial charge is 0.456 e. The van der Waals surface area contributed by atoms with Crippen LogP contribution in [-0.2, 0) is 0 Å². The lowest BCUT2D eigenvalue weighted by molar-refractivity contribution is 0.669. The lowest BCUT2D eigenvalue weighted by atomic mass is 9.96. The Labute approximate surface area is 249 Å². The van der Waals surface area contributed by atoms with Gasteiger partial charge in [-0.05, 0) is 40.5 Å². The van der Waals surface area contributed by atoms with Gasteiger partial charge in [-0.3, -0.25) is 0 Å². The van der Waals surface area contributed by atoms with Crippen LogP contribution in [0.25, 0.3) is 78.1 Å². The highest BCUT2D eigenvalue weighted by Crippen LogP contribution is 2.38. The molecule has 0 atom stereocenters. The smallest absolute Gasteiger partial charge is 0.161 e. The Balaban J connectivity index is 1.35. The fourth-order valence-corrected chi connectivity index (χ4v) is 5.85. The van der Waals surface area contributed by atoms with Crippen LogP contribution in [0.5, 0.6) is 0 Å². The highest BCUT2D eigenvalue weighted by molar-refractivity contribution is 6.11. The molecule has 0 fully saturated rings. The number of furan rings is 1. The van der Waals surface area contributed by atoms with Crippen LogP contribution in [0.1, 0.15) is 0 Å². The van der Waals surface area contributed by atoms with Crippen molar-refractivity contribution < 1.29 is 4.42 Å². The first kappa shape index (κ1) is 25.0. The summed E-state index contributed by atoms with van der Waals surface area (Å²) >= 11 is 0. The fourth-order valence-electron chi connectivity index (χ4n) is 5.85. The van der Waals surface area contributed by atoms with Crippen molar-refractivity contribution in [3.63, 3.8) is 0 Å². The number of rotatable bonds is 5. The van der Waals surface area contributed by atoms with Crippen LogP contribution in [0.4, 0.5) is 0 Å². The van der Waals surface area contributed by atoms with Gasteiger partial charge in [-0.1, -0.05) is 140 Å². The van der Waals surface area contributed by atoms with Gasteiger partial charge in [-0.2, -0.15) is 0 Å². The summed E-state index contributed by atoms with van der Waals surface area (Å²) < 4.78 is 6.22. The normalized spacial score (nSPS) is 11.3. The molecule has 3 heteroatoms. The van der Waals surface area contributed by atoms with Crippen molar-refractivity contribution >= 4 is 21.9 Å². The second-order valence-electron chi connectivity index (χ2n) is 10.6. The molecule has 6 aromatic carbocycles. The summed E-state index contributed by atoms with van der Waals surface area (Å²) in [6.45, 7) is 0. The minimum absolute atomic E-state index is 0.666. The standard InChI is InChI=1S/C40H26N2O/c1-3-12-27(13-4-1)28-22-24-30(25-23-28)35-26-36(32-17-8-7-16-31(32)29-14-5-2-6-15-29)42-40(41-35)34-19-11-21-38-39(34)33-18-9-10-20-37(33)43-38/h1-26H. The van der Waals surface area contributed by atoms with E-state index in [1.807, 2.05) is 42.5 Å². The Morgan fingerprint density at radius 3 is 1.72 bits per heavy atom. The van der Waals surface area contributed by atoms with Gasteiger partial charge in [0.1, 0.15) is 11.2 Å². The van der Waals surface area contributed by atoms with E-state index in [1.165, 1.54) is 11.1 Å². The monoisotopic (exact) mass is 550 g/mol. The van der Waals surface area contributed by atoms with Crippen LogP contribution in [0.15, 0.2) is 162 Å². The molecule has 0 amide bonds. The molecule has 8 aromatic rings. The molecule has 0 saturated heterocycles. The summed E-state index contributed by atoms with van der Waals surface area (Å²) in [5.74, 6) is 0.666. The van der Waals surface area contributed by atoms with E-state index < -0.39 is 0 Å². The summed E-state index contributed by atoms with van der Waals surface area (Å²) in [4.78, 5) is 10.4. The van der Waals surface area contributed by atoms with Gasteiger partial charge in [0.2, 0.25) is 0 Å². The maximum Gasteiger partial charge on any atom is 0.161 e. The van der Waals surface area contributed by atoms with E-state index in [0.717, 1.165) is 61.1 Å². The van der Waals surface area contributed by atoms with Gasteiger partial charge in [-0.25, -0.2) is 9.97 Å². The maximum atomic E-state index is 6.22. The molecule has 0 aliphatic heterocycles. The predicted octanol–water partition coefficient (Wildman–Crippen LogP) is 10.7. The van der Waals surface area contributed by atoms with E-state index in [9.17, 15) is 0 Å². The zero-order valence-corrected chi connectivity index (χ0v) is 23.3. The van der Waals surface area contributed by atoms with Crippen molar-refractivity contribution in [1.82, 2.24) is 9.97 Å². The predicted molar refractivity (Wildman–Crippen MR) is 176 cm³/mol. The van der Waals surface area contributed by atoms with E-state index >= 15 is 0 Å². The first-order valence-electron chi connectivity index (χ1n) is 14.4. The second kappa shape index (κ2) is 10.6. The molecule has 0 N–H and O–H groups in total. The number of benzene rings is 6. The van der Waals surface area contributed by atoms with Gasteiger partial charge in [0.15, 0.2) is 5.82 Å². The van der Waals surface area contributed by atoms with Crippen LogP contribution in [-0.4, -0.2) is 9.97 Å². The van der Waals surface area contributed by atoms with Gasteiger partial charge in [0.05, 0.1) is 11.4 Å². The van der Waals surface area contributed by atoms with E-state index in [-0.39, 0.29) is 0 Å². The van der Waals surface area contributed by atoms with Crippen LogP contribution < -0.4 is 0 Å². The molecule has 0 radical (unpaired) electrons. The molecule has 202 valence electrons. The van der Waals surface area contributed by atoms with Crippen molar-refractivity contribution in [3.05, 3.63) is 158 Å². The maximum absolute atomic E-state index is 6.22. The summed E-state index contributed by atoms with van der Waals surface area (Å²) in [7, 11) is 0. The number of para-hydroxylation sites is 1. The molecular formula is C40H26N2O. The third-order valence-corrected chi connectivity index (χ3v) is 7.95. The Morgan fingerprint density at radius 1 is 0.372 bits per heavy atom. The highest BCUT2D eigenvalue weighted by Gasteiger charge is 2.18. The third kappa shape index (κ3) is 4.58. The molecular weight excluding hydrogens is 524 g/mol. The highest BCUT2D eigenvalue weighted by atomic mass is 16.3. The number of aromatic nitrogens is 2. The van der Waals surface area contributed by atoms with Crippen LogP contribution in [0.3, 0.4) is 0 Å². The van der Waals surface area contributed by atoms with Gasteiger partial charge >= 0.3 is 0 Å². The summed E-state index contributed by atoms with van der Waals surface area (Å²) in [6, 6.07) is 54.3. The number of nitrogens with zero attached hydrogens (tertiary/aromatic N) is 2. The van der Waals surface area contributed by atoms with E-state index in [1.54, 1.807) is 0 Å². The Kier molecular flexibility index (Phi) is 6.12. The molecule has 0 aliphatic rings. The first-order valence-corrected chi connectivity index (χ1v) is 14.4. The molecule has 0 unspecified atom stereocenters. The van der Waals surface area contributed by atoms with Crippen molar-refractivity contribution in [2.75, 3.05) is 0 Å². The molecule has 0 aliphatic carbocycles. The summed E-state index contributed by atoms with van der Waals surface area (Å²) in [6.07, 6.45) is 0. The number of hydrogen-bond donors (Lipinski definition) is 0. The van der Waals surface area contributed by atoms with E-state index in [0.29, 0.717) is 5.82 Å². The van der Waals surface area contributed by atoms with Crippen LogP contribution in [0, 0.1) is 0 Å². The molecule has 2 heterocycles. The minimum atomic E-state index is 0.666. The topological polar surface area (TPSA) is 38.9 Å². The molecule has 0 saturated carbocycles. The molecule has 0 bridgehead atoms. The Hall–Kier alpha value is -5.80. The first-order chi connectivity index (χ1) is 21.3. The lowest BCUT2D eigenvalue weighted by Gasteiger charge is -2.13. The summed E-state index contributed by atoms with van der Waals surface area (Å²) in [5.41, 5.74) is 11.1. The average molecular weight is 551 g/mol. The Bertz CT molecular complexity index is 2220. The molecule has 3 nitrogen and oxygen atoms in total. The van der Waals surface area contributed by atoms with Crippen LogP contribution in [0.2, 0.25) is 0 Å². The fraction of sp³-hybridized carbons (Fsp3) is 0. The zero-order valence-electron chi connectivity index (χ0n) is 23.3. The molecule has 2 aromatic heterocycles. The average Bonchev–Trinajstić information content (AvgIpc) is 3.48. The van der Waals surface area contributed by atoms with Crippen molar-refractivity contribution in [2.24, 2.45) is 0 Å². The van der Waals surface area contributed by atoms with E-state index in [4.69, 9.17) is 14.4 Å². The second-order valence-corrected chi connectivity index (χ2v) is 10.6. The van der Waals surface area contributed by atoms with Crippen molar-refractivity contribution in [1.29, 1.82) is 0 Å². The molecule has 0 spiro atoms. The molecule has 8 rings (SSSR count). The van der Waals surface area contributed by atoms with Crippen LogP contribution >= 0.6 is 0 Å². The van der Waals surface area contributed by atoms with Gasteiger partial charge in [0.25, 0.3) is 0 Å². The van der Waals surface area contributed by atoms with Gasteiger partial charge < -0.3 is 4.42 Å². The lowest BCUT2D eigenvalue weighted by Crippen LogP contribution is -1.97. The zero-order chi connectivity index (χ0) is 28.6.